The molecule has 0 radical (unpaired) electrons. The van der Waals surface area contributed by atoms with Crippen molar-refractivity contribution in [1.29, 1.82) is 0 Å². The van der Waals surface area contributed by atoms with Crippen molar-refractivity contribution in [2.75, 3.05) is 0 Å². The third-order valence-electron chi connectivity index (χ3n) is 23.5. The van der Waals surface area contributed by atoms with E-state index in [0.717, 1.165) is 25.7 Å². The van der Waals surface area contributed by atoms with Gasteiger partial charge >= 0.3 is 0 Å². The van der Waals surface area contributed by atoms with Crippen molar-refractivity contribution in [1.82, 2.24) is 0 Å². The topological polar surface area (TPSA) is 0 Å². The van der Waals surface area contributed by atoms with Crippen molar-refractivity contribution in [3.8, 4) is 22.3 Å². The largest absolute Gasteiger partial charge is 0.128 e. The van der Waals surface area contributed by atoms with Gasteiger partial charge in [0.15, 0.2) is 0 Å². The fraction of sp³-hybridized carbons (Fsp3) is 0.521. The molecule has 0 saturated heterocycles. The van der Waals surface area contributed by atoms with Gasteiger partial charge in [-0.15, -0.1) is 22.7 Å². The Labute approximate surface area is 632 Å². The number of halogens is 2. The van der Waals surface area contributed by atoms with Crippen LogP contribution >= 0.6 is 54.5 Å². The molecule has 0 nitrogen and oxygen atoms in total. The predicted molar refractivity (Wildman–Crippen MR) is 449 cm³/mol. The third kappa shape index (κ3) is 18.9. The van der Waals surface area contributed by atoms with Crippen molar-refractivity contribution in [3.05, 3.63) is 220 Å². The summed E-state index contributed by atoms with van der Waals surface area (Å²) in [5, 5.41) is 2.70. The number of benzene rings is 7. The average Bonchev–Trinajstić information content (AvgIpc) is 1.50. The molecule has 0 spiro atoms. The highest BCUT2D eigenvalue weighted by Gasteiger charge is 2.52. The SMILES string of the molecule is CCCCCCCCCCCCc1ccc(C2(c3ccc(CCCCCCCCCCCC)cc3)c3cc4c(cc3-c3c2ccc2sc(Br)cc32)C(c2ccc(CCCCCCCCCCCC)cc2)(c2ccc(CCCCCCCCCCCC)cc2)c2ccc3sc(Br)cc3c2-4)cc1. The highest BCUT2D eigenvalue weighted by atomic mass is 79.9. The highest BCUT2D eigenvalue weighted by Crippen LogP contribution is 2.65. The van der Waals surface area contributed by atoms with Crippen LogP contribution in [0.15, 0.2) is 153 Å². The van der Waals surface area contributed by atoms with E-state index in [9.17, 15) is 0 Å². The fourth-order valence-corrected chi connectivity index (χ4v) is 20.9. The first-order chi connectivity index (χ1) is 49.3. The molecule has 534 valence electrons. The van der Waals surface area contributed by atoms with Crippen LogP contribution in [0.25, 0.3) is 42.4 Å². The van der Waals surface area contributed by atoms with Gasteiger partial charge in [0.05, 0.1) is 18.4 Å². The normalized spacial score (nSPS) is 13.4. The van der Waals surface area contributed by atoms with Crippen LogP contribution in [0.4, 0.5) is 0 Å². The van der Waals surface area contributed by atoms with E-state index in [2.05, 4.69) is 205 Å². The maximum Gasteiger partial charge on any atom is 0.0714 e. The zero-order valence-electron chi connectivity index (χ0n) is 62.5. The zero-order chi connectivity index (χ0) is 69.2. The lowest BCUT2D eigenvalue weighted by molar-refractivity contribution is 0.556. The van der Waals surface area contributed by atoms with Crippen LogP contribution in [-0.2, 0) is 36.5 Å². The van der Waals surface area contributed by atoms with Crippen LogP contribution in [0.5, 0.6) is 0 Å². The van der Waals surface area contributed by atoms with E-state index in [4.69, 9.17) is 0 Å². The van der Waals surface area contributed by atoms with Gasteiger partial charge in [-0.3, -0.25) is 0 Å². The van der Waals surface area contributed by atoms with Crippen LogP contribution in [0.1, 0.15) is 351 Å². The van der Waals surface area contributed by atoms with Crippen molar-refractivity contribution < 1.29 is 0 Å². The molecule has 0 bridgehead atoms. The van der Waals surface area contributed by atoms with Crippen LogP contribution in [-0.4, -0.2) is 0 Å². The molecule has 0 amide bonds. The summed E-state index contributed by atoms with van der Waals surface area (Å²) < 4.78 is 5.04. The highest BCUT2D eigenvalue weighted by molar-refractivity contribution is 9.11. The Morgan fingerprint density at radius 3 is 0.690 bits per heavy atom. The van der Waals surface area contributed by atoms with E-state index < -0.39 is 10.8 Å². The monoisotopic (exact) mass is 1500 g/mol. The second-order valence-corrected chi connectivity index (χ2v) is 35.8. The van der Waals surface area contributed by atoms with Crippen LogP contribution < -0.4 is 0 Å². The van der Waals surface area contributed by atoms with Gasteiger partial charge in [-0.05, 0) is 209 Å². The van der Waals surface area contributed by atoms with Crippen LogP contribution in [0, 0.1) is 0 Å². The molecule has 100 heavy (non-hydrogen) atoms. The average molecular weight is 1500 g/mol. The predicted octanol–water partition coefficient (Wildman–Crippen LogP) is 32.2. The van der Waals surface area contributed by atoms with Crippen molar-refractivity contribution in [2.45, 2.75) is 321 Å². The molecule has 0 fully saturated rings. The van der Waals surface area contributed by atoms with Crippen LogP contribution in [0.2, 0.25) is 0 Å². The molecular formula is C96H124Br2S2. The van der Waals surface area contributed by atoms with Crippen LogP contribution in [0.3, 0.4) is 0 Å². The third-order valence-corrected chi connectivity index (χ3v) is 26.7. The van der Waals surface area contributed by atoms with Gasteiger partial charge in [0, 0.05) is 20.2 Å². The molecule has 2 aliphatic rings. The number of fused-ring (bicyclic) bond motifs is 10. The lowest BCUT2D eigenvalue weighted by Gasteiger charge is -2.36. The van der Waals surface area contributed by atoms with Gasteiger partial charge in [-0.25, -0.2) is 0 Å². The number of rotatable bonds is 48. The second-order valence-electron chi connectivity index (χ2n) is 30.9. The Morgan fingerprint density at radius 1 is 0.240 bits per heavy atom. The summed E-state index contributed by atoms with van der Waals surface area (Å²) in [5.41, 5.74) is 21.3. The lowest BCUT2D eigenvalue weighted by atomic mass is 9.65. The van der Waals surface area contributed by atoms with Crippen molar-refractivity contribution in [3.63, 3.8) is 0 Å². The first kappa shape index (κ1) is 76.5. The summed E-state index contributed by atoms with van der Waals surface area (Å²) in [7, 11) is 0. The molecule has 2 aromatic heterocycles. The number of hydrogen-bond donors (Lipinski definition) is 0. The maximum absolute atomic E-state index is 4.08. The summed E-state index contributed by atoms with van der Waals surface area (Å²) in [6.07, 6.45) is 59.0. The summed E-state index contributed by atoms with van der Waals surface area (Å²) in [6.45, 7) is 9.29. The Balaban J connectivity index is 1.00. The Hall–Kier alpha value is -4.58. The van der Waals surface area contributed by atoms with Gasteiger partial charge in [-0.2, -0.15) is 0 Å². The second kappa shape index (κ2) is 40.1. The van der Waals surface area contributed by atoms with Crippen molar-refractivity contribution >= 4 is 74.7 Å². The van der Waals surface area contributed by atoms with E-state index in [1.807, 2.05) is 22.7 Å². The molecule has 2 heterocycles. The quantitative estimate of drug-likeness (QED) is 0.0334. The van der Waals surface area contributed by atoms with Gasteiger partial charge < -0.3 is 0 Å². The molecule has 2 aliphatic carbocycles. The molecule has 7 aromatic carbocycles. The smallest absolute Gasteiger partial charge is 0.0714 e. The minimum Gasteiger partial charge on any atom is -0.128 e. The number of thiophene rings is 2. The van der Waals surface area contributed by atoms with Gasteiger partial charge in [-0.1, -0.05) is 368 Å². The first-order valence-corrected chi connectivity index (χ1v) is 44.6. The molecule has 4 heteroatoms. The standard InChI is InChI=1S/C96H124Br2S2/c1-5-9-13-17-21-25-29-33-37-41-45-73-49-57-77(58-50-73)95(78-59-51-74(52-60-78)46-42-38-34-30-26-22-18-14-10-6-2)85-65-67-89-83(71-91(97)99-89)93(85)81-70-88-82(69-87(81)95)94-84-72-92(98)100-90(84)68-66-86(94)96(88,79-61-53-75(54-62-79)47-43-39-35-31-27-23-19-15-11-7-3)80-63-55-76(56-64-80)48-44-40-36-32-28-24-20-16-12-8-4/h49-72H,5-48H2,1-4H3. The van der Waals surface area contributed by atoms with E-state index in [1.54, 1.807) is 0 Å². The molecule has 0 saturated carbocycles. The molecular weight excluding hydrogens is 1380 g/mol. The van der Waals surface area contributed by atoms with Crippen molar-refractivity contribution in [2.24, 2.45) is 0 Å². The zero-order valence-corrected chi connectivity index (χ0v) is 67.3. The van der Waals surface area contributed by atoms with Gasteiger partial charge in [0.1, 0.15) is 0 Å². The lowest BCUT2D eigenvalue weighted by Crippen LogP contribution is -2.30. The van der Waals surface area contributed by atoms with E-state index in [0.29, 0.717) is 0 Å². The Morgan fingerprint density at radius 2 is 0.460 bits per heavy atom. The van der Waals surface area contributed by atoms with Gasteiger partial charge in [0.2, 0.25) is 0 Å². The molecule has 0 aliphatic heterocycles. The Bertz CT molecular complexity index is 3490. The number of unbranched alkanes of at least 4 members (excludes halogenated alkanes) is 36. The molecule has 0 N–H and O–H groups in total. The molecule has 11 rings (SSSR count). The minimum absolute atomic E-state index is 0.575. The Kier molecular flexibility index (Phi) is 30.7. The summed E-state index contributed by atoms with van der Waals surface area (Å²) in [5.74, 6) is 0. The molecule has 9 aromatic rings. The van der Waals surface area contributed by atoms with E-state index in [-0.39, 0.29) is 0 Å². The maximum atomic E-state index is 4.08. The summed E-state index contributed by atoms with van der Waals surface area (Å²) in [4.78, 5) is 0. The van der Waals surface area contributed by atoms with Gasteiger partial charge in [0.25, 0.3) is 0 Å². The summed E-state index contributed by atoms with van der Waals surface area (Å²) >= 11 is 11.9. The summed E-state index contributed by atoms with van der Waals surface area (Å²) in [6, 6.07) is 61.0. The van der Waals surface area contributed by atoms with E-state index >= 15 is 0 Å². The minimum atomic E-state index is -0.575. The number of hydrogen-bond acceptors (Lipinski definition) is 2. The first-order valence-electron chi connectivity index (χ1n) is 41.4. The fourth-order valence-electron chi connectivity index (χ4n) is 17.8. The molecule has 0 atom stereocenters. The van der Waals surface area contributed by atoms with E-state index in [1.165, 1.54) is 374 Å². The number of aryl methyl sites for hydroxylation is 4. The molecule has 0 unspecified atom stereocenters.